The van der Waals surface area contributed by atoms with E-state index in [-0.39, 0.29) is 18.5 Å². The highest BCUT2D eigenvalue weighted by molar-refractivity contribution is 7.81. The van der Waals surface area contributed by atoms with Gasteiger partial charge in [0.25, 0.3) is 0 Å². The Balaban J connectivity index is 3.29. The van der Waals surface area contributed by atoms with Gasteiger partial charge in [0.1, 0.15) is 0 Å². The SMILES string of the molecule is [B]C(CO)C(S)CO. The van der Waals surface area contributed by atoms with E-state index in [0.29, 0.717) is 0 Å². The molecule has 0 aliphatic rings. The van der Waals surface area contributed by atoms with Crippen LogP contribution in [0.25, 0.3) is 0 Å². The summed E-state index contributed by atoms with van der Waals surface area (Å²) in [6.45, 7) is -0.223. The zero-order valence-corrected chi connectivity index (χ0v) is 5.38. The van der Waals surface area contributed by atoms with E-state index < -0.39 is 5.82 Å². The van der Waals surface area contributed by atoms with Crippen molar-refractivity contribution in [2.75, 3.05) is 13.2 Å². The lowest BCUT2D eigenvalue weighted by molar-refractivity contribution is 0.249. The second-order valence-corrected chi connectivity index (χ2v) is 2.26. The third-order valence-corrected chi connectivity index (χ3v) is 1.44. The molecular weight excluding hydrogens is 123 g/mol. The maximum atomic E-state index is 8.37. The molecule has 0 bridgehead atoms. The van der Waals surface area contributed by atoms with E-state index in [2.05, 4.69) is 12.6 Å². The average molecular weight is 132 g/mol. The molecule has 2 unspecified atom stereocenters. The van der Waals surface area contributed by atoms with E-state index in [1.807, 2.05) is 0 Å². The van der Waals surface area contributed by atoms with Gasteiger partial charge in [0.2, 0.25) is 0 Å². The number of rotatable bonds is 3. The van der Waals surface area contributed by atoms with Crippen LogP contribution in [0.5, 0.6) is 0 Å². The minimum absolute atomic E-state index is 0.0924. The smallest absolute Gasteiger partial charge is 0.0746 e. The van der Waals surface area contributed by atoms with E-state index >= 15 is 0 Å². The van der Waals surface area contributed by atoms with Crippen LogP contribution >= 0.6 is 12.6 Å². The number of hydrogen-bond donors (Lipinski definition) is 3. The highest BCUT2D eigenvalue weighted by atomic mass is 32.1. The second kappa shape index (κ2) is 4.24. The molecule has 0 spiro atoms. The van der Waals surface area contributed by atoms with Crippen LogP contribution in [0.3, 0.4) is 0 Å². The highest BCUT2D eigenvalue weighted by Gasteiger charge is 2.08. The number of hydrogen-bond acceptors (Lipinski definition) is 3. The standard InChI is InChI=1S/C4H9BO2S/c5-3(1-6)4(8)2-7/h3-4,6-8H,1-2H2. The van der Waals surface area contributed by atoms with Crippen LogP contribution in [0.4, 0.5) is 0 Å². The van der Waals surface area contributed by atoms with Crippen LogP contribution in [0.2, 0.25) is 5.82 Å². The Labute approximate surface area is 55.7 Å². The van der Waals surface area contributed by atoms with Gasteiger partial charge in [0, 0.05) is 11.9 Å². The van der Waals surface area contributed by atoms with Crippen LogP contribution in [0.15, 0.2) is 0 Å². The Bertz CT molecular complexity index is 54.0. The lowest BCUT2D eigenvalue weighted by atomic mass is 9.85. The van der Waals surface area contributed by atoms with Crippen molar-refractivity contribution < 1.29 is 10.2 Å². The predicted octanol–water partition coefficient (Wildman–Crippen LogP) is -0.774. The van der Waals surface area contributed by atoms with Gasteiger partial charge in [-0.3, -0.25) is 0 Å². The predicted molar refractivity (Wildman–Crippen MR) is 36.4 cm³/mol. The summed E-state index contributed by atoms with van der Waals surface area (Å²) in [5, 5.41) is 16.4. The monoisotopic (exact) mass is 132 g/mol. The van der Waals surface area contributed by atoms with Crippen LogP contribution in [-0.2, 0) is 0 Å². The van der Waals surface area contributed by atoms with Gasteiger partial charge in [0.05, 0.1) is 14.5 Å². The largest absolute Gasteiger partial charge is 0.397 e. The minimum atomic E-state index is -0.414. The first kappa shape index (κ1) is 8.33. The van der Waals surface area contributed by atoms with Crippen LogP contribution in [0.1, 0.15) is 0 Å². The molecule has 2 radical (unpaired) electrons. The summed E-state index contributed by atoms with van der Waals surface area (Å²) >= 11 is 3.87. The zero-order valence-electron chi connectivity index (χ0n) is 4.49. The fourth-order valence-corrected chi connectivity index (χ4v) is 0.351. The molecule has 0 aromatic heterocycles. The molecule has 2 atom stereocenters. The number of aliphatic hydroxyl groups excluding tert-OH is 2. The second-order valence-electron chi connectivity index (χ2n) is 1.60. The summed E-state index contributed by atoms with van der Waals surface area (Å²) in [6, 6.07) is 0. The van der Waals surface area contributed by atoms with Gasteiger partial charge in [0.15, 0.2) is 0 Å². The van der Waals surface area contributed by atoms with E-state index in [1.165, 1.54) is 0 Å². The summed E-state index contributed by atoms with van der Waals surface area (Å²) in [6.07, 6.45) is 0. The van der Waals surface area contributed by atoms with Gasteiger partial charge in [-0.1, -0.05) is 0 Å². The first-order valence-corrected chi connectivity index (χ1v) is 2.89. The fourth-order valence-electron chi connectivity index (χ4n) is 0.257. The van der Waals surface area contributed by atoms with Crippen molar-refractivity contribution in [3.05, 3.63) is 0 Å². The molecule has 0 saturated heterocycles. The van der Waals surface area contributed by atoms with Crippen molar-refractivity contribution >= 4 is 20.5 Å². The molecule has 4 heteroatoms. The molecule has 0 rings (SSSR count). The molecule has 0 fully saturated rings. The molecule has 0 saturated carbocycles. The van der Waals surface area contributed by atoms with Crippen molar-refractivity contribution in [2.24, 2.45) is 0 Å². The van der Waals surface area contributed by atoms with E-state index in [0.717, 1.165) is 0 Å². The van der Waals surface area contributed by atoms with Gasteiger partial charge in [-0.2, -0.15) is 12.6 Å². The molecule has 46 valence electrons. The van der Waals surface area contributed by atoms with E-state index in [4.69, 9.17) is 18.1 Å². The third-order valence-electron chi connectivity index (χ3n) is 0.892. The molecule has 0 aromatic carbocycles. The first-order valence-electron chi connectivity index (χ1n) is 2.37. The van der Waals surface area contributed by atoms with Crippen molar-refractivity contribution in [2.45, 2.75) is 11.1 Å². The van der Waals surface area contributed by atoms with Crippen molar-refractivity contribution in [3.63, 3.8) is 0 Å². The number of thiol groups is 1. The van der Waals surface area contributed by atoms with Crippen LogP contribution < -0.4 is 0 Å². The number of aliphatic hydroxyl groups is 2. The zero-order chi connectivity index (χ0) is 6.57. The molecule has 0 aromatic rings. The van der Waals surface area contributed by atoms with Crippen molar-refractivity contribution in [1.29, 1.82) is 0 Å². The highest BCUT2D eigenvalue weighted by Crippen LogP contribution is 2.09. The topological polar surface area (TPSA) is 40.5 Å². The summed E-state index contributed by atoms with van der Waals surface area (Å²) in [5.74, 6) is -0.414. The Morgan fingerprint density at radius 2 is 1.88 bits per heavy atom. The molecule has 8 heavy (non-hydrogen) atoms. The average Bonchev–Trinajstić information content (AvgIpc) is 1.84. The maximum absolute atomic E-state index is 8.37. The van der Waals surface area contributed by atoms with E-state index in [9.17, 15) is 0 Å². The van der Waals surface area contributed by atoms with Gasteiger partial charge in [-0.05, 0) is 5.82 Å². The molecule has 0 amide bonds. The van der Waals surface area contributed by atoms with Gasteiger partial charge in [-0.15, -0.1) is 0 Å². The molecule has 0 aliphatic heterocycles. The molecule has 0 heterocycles. The maximum Gasteiger partial charge on any atom is 0.0746 e. The molecular formula is C4H9BO2S. The molecule has 2 N–H and O–H groups in total. The van der Waals surface area contributed by atoms with Crippen LogP contribution in [-0.4, -0.2) is 36.5 Å². The van der Waals surface area contributed by atoms with Crippen molar-refractivity contribution in [1.82, 2.24) is 0 Å². The Morgan fingerprint density at radius 3 is 2.00 bits per heavy atom. The van der Waals surface area contributed by atoms with Gasteiger partial charge < -0.3 is 10.2 Å². The molecule has 0 aliphatic carbocycles. The summed E-state index contributed by atoms with van der Waals surface area (Å²) < 4.78 is 0. The summed E-state index contributed by atoms with van der Waals surface area (Å²) in [5.41, 5.74) is 0. The Morgan fingerprint density at radius 1 is 1.38 bits per heavy atom. The third kappa shape index (κ3) is 2.60. The molecule has 2 nitrogen and oxygen atoms in total. The Kier molecular flexibility index (Phi) is 4.41. The van der Waals surface area contributed by atoms with Crippen molar-refractivity contribution in [3.8, 4) is 0 Å². The minimum Gasteiger partial charge on any atom is -0.397 e. The fraction of sp³-hybridized carbons (Fsp3) is 1.00. The first-order chi connectivity index (χ1) is 3.72. The lowest BCUT2D eigenvalue weighted by Gasteiger charge is -2.12. The summed E-state index contributed by atoms with van der Waals surface area (Å²) in [7, 11) is 5.24. The quantitative estimate of drug-likeness (QED) is 0.348. The van der Waals surface area contributed by atoms with Gasteiger partial charge in [-0.25, -0.2) is 0 Å². The van der Waals surface area contributed by atoms with Crippen LogP contribution in [0, 0.1) is 0 Å². The van der Waals surface area contributed by atoms with E-state index in [1.54, 1.807) is 0 Å². The van der Waals surface area contributed by atoms with Gasteiger partial charge >= 0.3 is 0 Å². The Hall–Kier alpha value is 0.335. The summed E-state index contributed by atoms with van der Waals surface area (Å²) in [4.78, 5) is 0. The normalized spacial score (nSPS) is 17.9. The lowest BCUT2D eigenvalue weighted by Crippen LogP contribution is -2.16.